The summed E-state index contributed by atoms with van der Waals surface area (Å²) in [5.41, 5.74) is 2.09. The number of rotatable bonds is 4. The van der Waals surface area contributed by atoms with Crippen LogP contribution in [-0.4, -0.2) is 29.0 Å². The zero-order valence-corrected chi connectivity index (χ0v) is 15.2. The number of hydrogen-bond donors (Lipinski definition) is 0. The van der Waals surface area contributed by atoms with E-state index < -0.39 is 0 Å². The van der Waals surface area contributed by atoms with Gasteiger partial charge in [0.25, 0.3) is 5.91 Å². The van der Waals surface area contributed by atoms with E-state index in [2.05, 4.69) is 15.9 Å². The Kier molecular flexibility index (Phi) is 4.55. The van der Waals surface area contributed by atoms with E-state index in [0.29, 0.717) is 24.3 Å². The van der Waals surface area contributed by atoms with E-state index in [1.165, 1.54) is 6.07 Å². The van der Waals surface area contributed by atoms with Crippen molar-refractivity contribution in [3.05, 3.63) is 57.3 Å². The van der Waals surface area contributed by atoms with E-state index in [1.54, 1.807) is 41.5 Å². The molecule has 1 amide bonds. The monoisotopic (exact) mass is 394 g/mol. The molecule has 0 fully saturated rings. The van der Waals surface area contributed by atoms with Crippen LogP contribution in [0.3, 0.4) is 0 Å². The molecule has 120 valence electrons. The molecule has 0 aliphatic rings. The van der Waals surface area contributed by atoms with Gasteiger partial charge in [0.05, 0.1) is 21.2 Å². The maximum absolute atomic E-state index is 14.0. The van der Waals surface area contributed by atoms with Crippen LogP contribution in [0.25, 0.3) is 10.2 Å². The first-order valence-corrected chi connectivity index (χ1v) is 8.95. The van der Waals surface area contributed by atoms with E-state index in [9.17, 15) is 9.18 Å². The zero-order chi connectivity index (χ0) is 16.6. The van der Waals surface area contributed by atoms with Gasteiger partial charge in [-0.15, -0.1) is 11.3 Å². The predicted molar refractivity (Wildman–Crippen MR) is 95.7 cm³/mol. The minimum Gasteiger partial charge on any atom is -0.341 e. The van der Waals surface area contributed by atoms with Crippen molar-refractivity contribution < 1.29 is 9.18 Å². The number of carbonyl (C=O) groups is 1. The fourth-order valence-electron chi connectivity index (χ4n) is 2.51. The molecular formula is C17H16BrFN2OS. The summed E-state index contributed by atoms with van der Waals surface area (Å²) in [6, 6.07) is 8.56. The molecule has 0 radical (unpaired) electrons. The number of halogens is 2. The van der Waals surface area contributed by atoms with Crippen LogP contribution in [0.2, 0.25) is 0 Å². The Bertz CT molecular complexity index is 871. The summed E-state index contributed by atoms with van der Waals surface area (Å²) in [5.74, 6) is -0.318. The molecule has 0 spiro atoms. The number of thiophene rings is 1. The topological polar surface area (TPSA) is 25.2 Å². The Balaban J connectivity index is 2.14. The number of benzene rings is 1. The van der Waals surface area contributed by atoms with Crippen LogP contribution in [0.1, 0.15) is 23.0 Å². The highest BCUT2D eigenvalue weighted by molar-refractivity contribution is 9.10. The molecule has 0 unspecified atom stereocenters. The van der Waals surface area contributed by atoms with Gasteiger partial charge in [0, 0.05) is 24.5 Å². The Labute approximate surface area is 146 Å². The first-order valence-electron chi connectivity index (χ1n) is 7.28. The summed E-state index contributed by atoms with van der Waals surface area (Å²) in [7, 11) is 1.77. The SMILES string of the molecule is CCN(C)C(=O)c1cc2scc(Br)c2n1Cc1ccccc1F. The van der Waals surface area contributed by atoms with Crippen molar-refractivity contribution in [2.75, 3.05) is 13.6 Å². The second kappa shape index (κ2) is 6.45. The minimum absolute atomic E-state index is 0.0564. The molecule has 2 aromatic heterocycles. The van der Waals surface area contributed by atoms with Crippen molar-refractivity contribution in [3.63, 3.8) is 0 Å². The molecule has 23 heavy (non-hydrogen) atoms. The van der Waals surface area contributed by atoms with Gasteiger partial charge in [-0.3, -0.25) is 4.79 Å². The van der Waals surface area contributed by atoms with Gasteiger partial charge < -0.3 is 9.47 Å². The van der Waals surface area contributed by atoms with Crippen LogP contribution in [0.4, 0.5) is 4.39 Å². The van der Waals surface area contributed by atoms with E-state index in [1.807, 2.05) is 22.9 Å². The third-order valence-corrected chi connectivity index (χ3v) is 5.73. The minimum atomic E-state index is -0.261. The van der Waals surface area contributed by atoms with Gasteiger partial charge in [-0.25, -0.2) is 4.39 Å². The van der Waals surface area contributed by atoms with Crippen LogP contribution in [0.15, 0.2) is 40.2 Å². The van der Waals surface area contributed by atoms with Crippen LogP contribution in [0.5, 0.6) is 0 Å². The van der Waals surface area contributed by atoms with Crippen LogP contribution < -0.4 is 0 Å². The molecule has 0 bridgehead atoms. The van der Waals surface area contributed by atoms with Gasteiger partial charge >= 0.3 is 0 Å². The van der Waals surface area contributed by atoms with Crippen LogP contribution in [-0.2, 0) is 6.54 Å². The Morgan fingerprint density at radius 1 is 1.39 bits per heavy atom. The van der Waals surface area contributed by atoms with Gasteiger partial charge in [-0.1, -0.05) is 18.2 Å². The largest absolute Gasteiger partial charge is 0.341 e. The Hall–Kier alpha value is -1.66. The summed E-state index contributed by atoms with van der Waals surface area (Å²) < 4.78 is 17.9. The summed E-state index contributed by atoms with van der Waals surface area (Å²) >= 11 is 5.11. The number of nitrogens with zero attached hydrogens (tertiary/aromatic N) is 2. The highest BCUT2D eigenvalue weighted by Crippen LogP contribution is 2.34. The van der Waals surface area contributed by atoms with E-state index in [4.69, 9.17) is 0 Å². The van der Waals surface area contributed by atoms with Gasteiger partial charge in [0.1, 0.15) is 11.5 Å². The maximum atomic E-state index is 14.0. The number of aromatic nitrogens is 1. The molecule has 2 heterocycles. The summed E-state index contributed by atoms with van der Waals surface area (Å²) in [5, 5.41) is 1.99. The van der Waals surface area contributed by atoms with Crippen molar-refractivity contribution >= 4 is 43.4 Å². The van der Waals surface area contributed by atoms with Crippen LogP contribution >= 0.6 is 27.3 Å². The van der Waals surface area contributed by atoms with Crippen molar-refractivity contribution in [3.8, 4) is 0 Å². The fourth-order valence-corrected chi connectivity index (χ4v) is 4.20. The Morgan fingerprint density at radius 2 is 2.13 bits per heavy atom. The molecule has 3 aromatic rings. The standard InChI is InChI=1S/C17H16BrFN2OS/c1-3-20(2)17(22)14-8-15-16(12(18)10-23-15)21(14)9-11-6-4-5-7-13(11)19/h4-8,10H,3,9H2,1-2H3. The molecule has 3 rings (SSSR count). The van der Waals surface area contributed by atoms with Crippen molar-refractivity contribution in [1.82, 2.24) is 9.47 Å². The lowest BCUT2D eigenvalue weighted by molar-refractivity contribution is 0.0792. The molecular weight excluding hydrogens is 379 g/mol. The average Bonchev–Trinajstić information content (AvgIpc) is 3.09. The highest BCUT2D eigenvalue weighted by Gasteiger charge is 2.21. The molecule has 6 heteroatoms. The molecule has 0 saturated carbocycles. The second-order valence-corrected chi connectivity index (χ2v) is 7.09. The summed E-state index contributed by atoms with van der Waals surface area (Å²) in [6.45, 7) is 2.88. The van der Waals surface area contributed by atoms with E-state index in [0.717, 1.165) is 14.7 Å². The summed E-state index contributed by atoms with van der Waals surface area (Å²) in [4.78, 5) is 14.3. The van der Waals surface area contributed by atoms with Gasteiger partial charge in [-0.2, -0.15) is 0 Å². The number of amides is 1. The molecule has 0 aliphatic carbocycles. The average molecular weight is 395 g/mol. The zero-order valence-electron chi connectivity index (χ0n) is 12.8. The third-order valence-electron chi connectivity index (χ3n) is 3.90. The lowest BCUT2D eigenvalue weighted by Gasteiger charge is -2.17. The first kappa shape index (κ1) is 16.2. The van der Waals surface area contributed by atoms with Gasteiger partial charge in [0.2, 0.25) is 0 Å². The van der Waals surface area contributed by atoms with Crippen molar-refractivity contribution in [1.29, 1.82) is 0 Å². The molecule has 1 aromatic carbocycles. The third kappa shape index (κ3) is 2.93. The Morgan fingerprint density at radius 3 is 2.83 bits per heavy atom. The maximum Gasteiger partial charge on any atom is 0.270 e. The molecule has 0 saturated heterocycles. The number of hydrogen-bond acceptors (Lipinski definition) is 2. The van der Waals surface area contributed by atoms with Gasteiger partial charge in [0.15, 0.2) is 0 Å². The second-order valence-electron chi connectivity index (χ2n) is 5.32. The molecule has 0 atom stereocenters. The van der Waals surface area contributed by atoms with E-state index in [-0.39, 0.29) is 11.7 Å². The quantitative estimate of drug-likeness (QED) is 0.626. The molecule has 3 nitrogen and oxygen atoms in total. The van der Waals surface area contributed by atoms with Crippen molar-refractivity contribution in [2.24, 2.45) is 0 Å². The number of fused-ring (bicyclic) bond motifs is 1. The van der Waals surface area contributed by atoms with Crippen LogP contribution in [0, 0.1) is 5.82 Å². The fraction of sp³-hybridized carbons (Fsp3) is 0.235. The molecule has 0 aliphatic heterocycles. The summed E-state index contributed by atoms with van der Waals surface area (Å²) in [6.07, 6.45) is 0. The number of carbonyl (C=O) groups excluding carboxylic acids is 1. The first-order chi connectivity index (χ1) is 11.0. The predicted octanol–water partition coefficient (Wildman–Crippen LogP) is 4.74. The van der Waals surface area contributed by atoms with Crippen molar-refractivity contribution in [2.45, 2.75) is 13.5 Å². The molecule has 0 N–H and O–H groups in total. The highest BCUT2D eigenvalue weighted by atomic mass is 79.9. The normalized spacial score (nSPS) is 11.1. The lowest BCUT2D eigenvalue weighted by atomic mass is 10.2. The van der Waals surface area contributed by atoms with E-state index >= 15 is 0 Å². The smallest absolute Gasteiger partial charge is 0.270 e. The lowest BCUT2D eigenvalue weighted by Crippen LogP contribution is -2.28. The van der Waals surface area contributed by atoms with Gasteiger partial charge in [-0.05, 0) is 35.0 Å².